The number of benzene rings is 1. The number of ether oxygens (including phenoxy) is 1. The van der Waals surface area contributed by atoms with Gasteiger partial charge in [-0.3, -0.25) is 4.79 Å². The molecular formula is C28H34N4O5. The quantitative estimate of drug-likeness (QED) is 0.403. The number of aliphatic hydroxyl groups is 3. The van der Waals surface area contributed by atoms with Crippen molar-refractivity contribution in [3.05, 3.63) is 53.1 Å². The van der Waals surface area contributed by atoms with Gasteiger partial charge in [-0.25, -0.2) is 4.98 Å². The summed E-state index contributed by atoms with van der Waals surface area (Å²) in [6, 6.07) is 7.40. The summed E-state index contributed by atoms with van der Waals surface area (Å²) in [5, 5.41) is 44.2. The molecule has 0 spiro atoms. The van der Waals surface area contributed by atoms with Gasteiger partial charge in [-0.15, -0.1) is 0 Å². The predicted molar refractivity (Wildman–Crippen MR) is 136 cm³/mol. The first-order chi connectivity index (χ1) is 17.5. The monoisotopic (exact) mass is 506 g/mol. The minimum Gasteiger partial charge on any atom is -0.393 e. The summed E-state index contributed by atoms with van der Waals surface area (Å²) in [7, 11) is 0. The van der Waals surface area contributed by atoms with Gasteiger partial charge in [0.2, 0.25) is 0 Å². The number of carbonyl (C=O) groups is 1. The van der Waals surface area contributed by atoms with Crippen LogP contribution in [0, 0.1) is 16.7 Å². The lowest BCUT2D eigenvalue weighted by molar-refractivity contribution is -0.231. The van der Waals surface area contributed by atoms with Gasteiger partial charge in [0.25, 0.3) is 5.91 Å². The largest absolute Gasteiger partial charge is 0.393 e. The maximum Gasteiger partial charge on any atom is 0.291 e. The number of aliphatic hydroxyl groups excluding tert-OH is 2. The number of carbonyl (C=O) groups excluding carboxylic acids is 1. The highest BCUT2D eigenvalue weighted by Crippen LogP contribution is 2.55. The average Bonchev–Trinajstić information content (AvgIpc) is 3.48. The lowest BCUT2D eigenvalue weighted by atomic mass is 9.74. The minimum atomic E-state index is -1.31. The van der Waals surface area contributed by atoms with Crippen LogP contribution in [0.4, 0.5) is 5.69 Å². The number of nitrogens with zero attached hydrogens (tertiary/aromatic N) is 2. The normalized spacial score (nSPS) is 30.4. The number of allylic oxidation sites excluding steroid dienone is 2. The number of aromatic amines is 1. The second-order valence-corrected chi connectivity index (χ2v) is 11.7. The van der Waals surface area contributed by atoms with Crippen LogP contribution in [0.5, 0.6) is 0 Å². The van der Waals surface area contributed by atoms with E-state index in [-0.39, 0.29) is 43.0 Å². The van der Waals surface area contributed by atoms with E-state index in [9.17, 15) is 20.1 Å². The van der Waals surface area contributed by atoms with Gasteiger partial charge >= 0.3 is 0 Å². The Balaban J connectivity index is 1.53. The first kappa shape index (κ1) is 25.6. The number of fused-ring (bicyclic) bond motifs is 2. The fourth-order valence-corrected chi connectivity index (χ4v) is 6.14. The van der Waals surface area contributed by atoms with Crippen LogP contribution >= 0.6 is 0 Å². The molecule has 1 amide bonds. The highest BCUT2D eigenvalue weighted by Gasteiger charge is 2.60. The lowest BCUT2D eigenvalue weighted by Crippen LogP contribution is -2.54. The molecule has 5 rings (SSSR count). The molecule has 9 heteroatoms. The van der Waals surface area contributed by atoms with Gasteiger partial charge in [-0.2, -0.15) is 5.26 Å². The Morgan fingerprint density at radius 3 is 2.46 bits per heavy atom. The van der Waals surface area contributed by atoms with E-state index in [1.165, 1.54) is 6.20 Å². The van der Waals surface area contributed by atoms with E-state index in [0.29, 0.717) is 24.1 Å². The zero-order valence-electron chi connectivity index (χ0n) is 21.3. The molecule has 2 aliphatic heterocycles. The predicted octanol–water partition coefficient (Wildman–Crippen LogP) is 3.38. The van der Waals surface area contributed by atoms with Crippen molar-refractivity contribution in [2.24, 2.45) is 5.41 Å². The third-order valence-corrected chi connectivity index (χ3v) is 8.31. The zero-order chi connectivity index (χ0) is 26.5. The molecule has 3 atom stereocenters. The van der Waals surface area contributed by atoms with E-state index in [1.54, 1.807) is 12.1 Å². The number of nitriles is 1. The smallest absolute Gasteiger partial charge is 0.291 e. The summed E-state index contributed by atoms with van der Waals surface area (Å²) in [5.41, 5.74) is 0.366. The van der Waals surface area contributed by atoms with Crippen LogP contribution in [0.15, 0.2) is 30.5 Å². The molecule has 3 heterocycles. The molecule has 37 heavy (non-hydrogen) atoms. The molecule has 1 aliphatic carbocycles. The number of nitrogens with one attached hydrogen (secondary N) is 2. The topological polar surface area (TPSA) is 151 Å². The van der Waals surface area contributed by atoms with Crippen LogP contribution < -0.4 is 5.32 Å². The summed E-state index contributed by atoms with van der Waals surface area (Å²) >= 11 is 0. The van der Waals surface area contributed by atoms with Gasteiger partial charge in [0.15, 0.2) is 11.5 Å². The standard InChI is InChI=1S/C28H34N4O5/c1-25(2)7-5-18(6-8-25)21-11-19(3-4-22(21)32-24(35)23-30-13-20(12-29)31-23)28(36)14-26(16-33)9-10-27(15-28,17-34)37-26/h3-5,11,13,33-34,36H,6-10,14-17H2,1-2H3,(H,30,31)(H,32,35)/t26-,27+,28+. The van der Waals surface area contributed by atoms with Crippen molar-refractivity contribution in [3.63, 3.8) is 0 Å². The average molecular weight is 507 g/mol. The van der Waals surface area contributed by atoms with Gasteiger partial charge in [0, 0.05) is 30.3 Å². The summed E-state index contributed by atoms with van der Waals surface area (Å²) in [5.74, 6) is -0.423. The Hall–Kier alpha value is -3.03. The summed E-state index contributed by atoms with van der Waals surface area (Å²) in [4.78, 5) is 19.7. The minimum absolute atomic E-state index is 0.0414. The number of hydrogen-bond acceptors (Lipinski definition) is 7. The molecule has 196 valence electrons. The Kier molecular flexibility index (Phi) is 6.28. The summed E-state index contributed by atoms with van der Waals surface area (Å²) < 4.78 is 6.13. The van der Waals surface area contributed by atoms with E-state index in [0.717, 1.165) is 30.4 Å². The molecule has 0 saturated carbocycles. The van der Waals surface area contributed by atoms with Crippen molar-refractivity contribution in [2.75, 3.05) is 18.5 Å². The molecule has 2 bridgehead atoms. The Morgan fingerprint density at radius 1 is 1.19 bits per heavy atom. The summed E-state index contributed by atoms with van der Waals surface area (Å²) in [6.07, 6.45) is 7.86. The second kappa shape index (κ2) is 9.07. The Labute approximate surface area is 216 Å². The molecule has 2 saturated heterocycles. The van der Waals surface area contributed by atoms with Gasteiger partial charge in [0.05, 0.1) is 30.0 Å². The molecule has 1 aromatic carbocycles. The fourth-order valence-electron chi connectivity index (χ4n) is 6.14. The molecule has 0 radical (unpaired) electrons. The number of H-pyrrole nitrogens is 1. The molecule has 0 unspecified atom stereocenters. The third kappa shape index (κ3) is 4.71. The Morgan fingerprint density at radius 2 is 1.89 bits per heavy atom. The maximum absolute atomic E-state index is 12.9. The van der Waals surface area contributed by atoms with Crippen molar-refractivity contribution in [1.82, 2.24) is 9.97 Å². The number of anilines is 1. The van der Waals surface area contributed by atoms with E-state index >= 15 is 0 Å². The highest BCUT2D eigenvalue weighted by molar-refractivity contribution is 6.03. The van der Waals surface area contributed by atoms with E-state index < -0.39 is 22.7 Å². The van der Waals surface area contributed by atoms with Crippen LogP contribution in [-0.2, 0) is 10.3 Å². The fraction of sp³-hybridized carbons (Fsp3) is 0.536. The van der Waals surface area contributed by atoms with Crippen LogP contribution in [0.25, 0.3) is 5.57 Å². The Bertz CT molecular complexity index is 1270. The first-order valence-corrected chi connectivity index (χ1v) is 12.8. The molecule has 2 aromatic rings. The second-order valence-electron chi connectivity index (χ2n) is 11.7. The summed E-state index contributed by atoms with van der Waals surface area (Å²) in [6.45, 7) is 4.00. The van der Waals surface area contributed by atoms with Gasteiger partial charge in [-0.1, -0.05) is 26.0 Å². The number of aromatic nitrogens is 2. The molecule has 3 aliphatic rings. The molecule has 5 N–H and O–H groups in total. The first-order valence-electron chi connectivity index (χ1n) is 12.8. The van der Waals surface area contributed by atoms with E-state index in [2.05, 4.69) is 35.2 Å². The van der Waals surface area contributed by atoms with Crippen LogP contribution in [0.3, 0.4) is 0 Å². The van der Waals surface area contributed by atoms with E-state index in [1.807, 2.05) is 12.1 Å². The SMILES string of the molecule is CC1(C)CC=C(c2cc([C@@]3(O)C[C@]4(CO)CC[C@](CO)(C3)O4)ccc2NC(=O)c2nc(C#N)c[nH]2)CC1. The third-order valence-electron chi connectivity index (χ3n) is 8.31. The number of amides is 1. The highest BCUT2D eigenvalue weighted by atomic mass is 16.6. The molecular weight excluding hydrogens is 472 g/mol. The van der Waals surface area contributed by atoms with Crippen LogP contribution in [-0.4, -0.2) is 55.6 Å². The van der Waals surface area contributed by atoms with Crippen molar-refractivity contribution >= 4 is 17.2 Å². The number of imidazole rings is 1. The van der Waals surface area contributed by atoms with Crippen molar-refractivity contribution < 1.29 is 24.9 Å². The lowest BCUT2D eigenvalue weighted by Gasteiger charge is -2.47. The van der Waals surface area contributed by atoms with Gasteiger partial charge < -0.3 is 30.4 Å². The number of rotatable bonds is 6. The van der Waals surface area contributed by atoms with Crippen LogP contribution in [0.2, 0.25) is 0 Å². The molecule has 9 nitrogen and oxygen atoms in total. The van der Waals surface area contributed by atoms with Crippen molar-refractivity contribution in [3.8, 4) is 6.07 Å². The molecule has 2 fully saturated rings. The number of hydrogen-bond donors (Lipinski definition) is 5. The van der Waals surface area contributed by atoms with Crippen LogP contribution in [0.1, 0.15) is 86.2 Å². The molecule has 1 aromatic heterocycles. The van der Waals surface area contributed by atoms with Gasteiger partial charge in [-0.05, 0) is 60.8 Å². The van der Waals surface area contributed by atoms with Crippen molar-refractivity contribution in [2.45, 2.75) is 75.6 Å². The van der Waals surface area contributed by atoms with Crippen molar-refractivity contribution in [1.29, 1.82) is 5.26 Å². The zero-order valence-corrected chi connectivity index (χ0v) is 21.3. The van der Waals surface area contributed by atoms with Gasteiger partial charge in [0.1, 0.15) is 6.07 Å². The maximum atomic E-state index is 12.9. The van der Waals surface area contributed by atoms with E-state index in [4.69, 9.17) is 10.00 Å².